The summed E-state index contributed by atoms with van der Waals surface area (Å²) in [6.07, 6.45) is 0.234. The molecule has 184 valence electrons. The van der Waals surface area contributed by atoms with Crippen molar-refractivity contribution in [3.05, 3.63) is 48.0 Å². The van der Waals surface area contributed by atoms with E-state index in [1.165, 1.54) is 0 Å². The molecule has 3 N–H and O–H groups in total. The first-order valence-electron chi connectivity index (χ1n) is 11.0. The van der Waals surface area contributed by atoms with Gasteiger partial charge in [0.2, 0.25) is 11.8 Å². The maximum Gasteiger partial charge on any atom is 0.407 e. The number of alkyl carbamates (subject to hydrolysis) is 1. The fourth-order valence-electron chi connectivity index (χ4n) is 3.01. The number of carbonyl (C=O) groups is 3. The van der Waals surface area contributed by atoms with Crippen LogP contribution in [0.15, 0.2) is 42.5 Å². The number of hydrogen-bond donors (Lipinski definition) is 3. The normalized spacial score (nSPS) is 10.7. The minimum absolute atomic E-state index is 0.0564. The van der Waals surface area contributed by atoms with E-state index in [1.807, 2.05) is 12.1 Å². The van der Waals surface area contributed by atoms with Crippen molar-refractivity contribution in [3.63, 3.8) is 0 Å². The lowest BCUT2D eigenvalue weighted by molar-refractivity contribution is -0.117. The van der Waals surface area contributed by atoms with Gasteiger partial charge in [0, 0.05) is 19.4 Å². The summed E-state index contributed by atoms with van der Waals surface area (Å²) in [7, 11) is 3.13. The Morgan fingerprint density at radius 1 is 0.824 bits per heavy atom. The molecular weight excluding hydrogens is 438 g/mol. The van der Waals surface area contributed by atoms with E-state index < -0.39 is 11.7 Å². The molecule has 0 saturated heterocycles. The lowest BCUT2D eigenvalue weighted by Crippen LogP contribution is -2.34. The topological polar surface area (TPSA) is 115 Å². The van der Waals surface area contributed by atoms with Crippen LogP contribution in [0.3, 0.4) is 0 Å². The largest absolute Gasteiger partial charge is 0.493 e. The molecule has 9 heteroatoms. The second kappa shape index (κ2) is 12.5. The van der Waals surface area contributed by atoms with Crippen molar-refractivity contribution in [2.75, 3.05) is 31.4 Å². The molecule has 0 aliphatic carbocycles. The Kier molecular flexibility index (Phi) is 9.73. The van der Waals surface area contributed by atoms with Crippen molar-refractivity contribution in [2.45, 2.75) is 45.6 Å². The van der Waals surface area contributed by atoms with Gasteiger partial charge < -0.3 is 30.2 Å². The molecule has 0 spiro atoms. The van der Waals surface area contributed by atoms with Gasteiger partial charge in [-0.3, -0.25) is 9.59 Å². The molecule has 0 unspecified atom stereocenters. The zero-order valence-electron chi connectivity index (χ0n) is 20.3. The number of aryl methyl sites for hydroxylation is 1. The Labute approximate surface area is 200 Å². The third kappa shape index (κ3) is 9.01. The van der Waals surface area contributed by atoms with Gasteiger partial charge in [-0.25, -0.2) is 4.79 Å². The van der Waals surface area contributed by atoms with Crippen LogP contribution in [0.1, 0.15) is 39.2 Å². The Morgan fingerprint density at radius 2 is 1.41 bits per heavy atom. The molecule has 2 aromatic rings. The molecule has 0 heterocycles. The summed E-state index contributed by atoms with van der Waals surface area (Å²) < 4.78 is 15.7. The smallest absolute Gasteiger partial charge is 0.407 e. The average Bonchev–Trinajstić information content (AvgIpc) is 2.77. The number of carbonyl (C=O) groups excluding carboxylic acids is 3. The molecule has 0 atom stereocenters. The highest BCUT2D eigenvalue weighted by Gasteiger charge is 2.16. The molecule has 0 saturated carbocycles. The van der Waals surface area contributed by atoms with Gasteiger partial charge in [0.15, 0.2) is 11.5 Å². The van der Waals surface area contributed by atoms with Gasteiger partial charge in [-0.05, 0) is 57.0 Å². The minimum atomic E-state index is -0.608. The van der Waals surface area contributed by atoms with E-state index in [9.17, 15) is 14.4 Å². The van der Waals surface area contributed by atoms with Crippen molar-refractivity contribution in [1.29, 1.82) is 0 Å². The Bertz CT molecular complexity index is 1000. The molecule has 0 fully saturated rings. The Balaban J connectivity index is 1.87. The summed E-state index contributed by atoms with van der Waals surface area (Å²) >= 11 is 0. The van der Waals surface area contributed by atoms with Crippen LogP contribution in [-0.4, -0.2) is 44.3 Å². The van der Waals surface area contributed by atoms with E-state index in [-0.39, 0.29) is 31.2 Å². The highest BCUT2D eigenvalue weighted by atomic mass is 16.6. The molecule has 0 radical (unpaired) electrons. The van der Waals surface area contributed by atoms with Crippen LogP contribution in [0.4, 0.5) is 16.2 Å². The van der Waals surface area contributed by atoms with Crippen LogP contribution in [0, 0.1) is 0 Å². The molecular formula is C25H33N3O6. The van der Waals surface area contributed by atoms with Crippen molar-refractivity contribution >= 4 is 29.3 Å². The van der Waals surface area contributed by atoms with Gasteiger partial charge in [0.25, 0.3) is 0 Å². The minimum Gasteiger partial charge on any atom is -0.493 e. The van der Waals surface area contributed by atoms with Crippen LogP contribution in [0.25, 0.3) is 0 Å². The molecule has 2 aromatic carbocycles. The number of benzene rings is 2. The third-order valence-corrected chi connectivity index (χ3v) is 4.58. The number of anilines is 2. The molecule has 0 bridgehead atoms. The fraction of sp³-hybridized carbons (Fsp3) is 0.400. The Hall–Kier alpha value is -3.75. The first kappa shape index (κ1) is 26.5. The van der Waals surface area contributed by atoms with Gasteiger partial charge in [-0.1, -0.05) is 18.2 Å². The third-order valence-electron chi connectivity index (χ3n) is 4.58. The quantitative estimate of drug-likeness (QED) is 0.480. The van der Waals surface area contributed by atoms with Gasteiger partial charge in [0.1, 0.15) is 5.60 Å². The zero-order valence-corrected chi connectivity index (χ0v) is 20.3. The summed E-state index contributed by atoms with van der Waals surface area (Å²) in [5, 5.41) is 8.14. The number of ether oxygens (including phenoxy) is 3. The zero-order chi connectivity index (χ0) is 25.1. The highest BCUT2D eigenvalue weighted by molar-refractivity contribution is 5.99. The summed E-state index contributed by atoms with van der Waals surface area (Å²) in [6.45, 7) is 5.41. The van der Waals surface area contributed by atoms with Crippen LogP contribution in [0.2, 0.25) is 0 Å². The lowest BCUT2D eigenvalue weighted by atomic mass is 10.1. The molecule has 9 nitrogen and oxygen atoms in total. The van der Waals surface area contributed by atoms with Crippen molar-refractivity contribution < 1.29 is 28.6 Å². The fourth-order valence-corrected chi connectivity index (χ4v) is 3.01. The standard InChI is InChI=1S/C25H33N3O6/c1-25(2,3)34-24(31)26-15-14-23(30)28-19-9-7-6-8-18(19)27-22(29)13-11-17-10-12-20(32-4)21(16-17)33-5/h6-10,12,16H,11,13-15H2,1-5H3,(H,26,31)(H,27,29)(H,28,30). The van der Waals surface area contributed by atoms with Crippen molar-refractivity contribution in [3.8, 4) is 11.5 Å². The number of nitrogens with one attached hydrogen (secondary N) is 3. The van der Waals surface area contributed by atoms with Crippen LogP contribution in [0.5, 0.6) is 11.5 Å². The highest BCUT2D eigenvalue weighted by Crippen LogP contribution is 2.28. The predicted octanol–water partition coefficient (Wildman–Crippen LogP) is 4.13. The monoisotopic (exact) mass is 471 g/mol. The first-order chi connectivity index (χ1) is 16.1. The maximum atomic E-state index is 12.5. The number of methoxy groups -OCH3 is 2. The molecule has 34 heavy (non-hydrogen) atoms. The predicted molar refractivity (Wildman–Crippen MR) is 130 cm³/mol. The van der Waals surface area contributed by atoms with E-state index in [4.69, 9.17) is 14.2 Å². The van der Waals surface area contributed by atoms with Gasteiger partial charge >= 0.3 is 6.09 Å². The first-order valence-corrected chi connectivity index (χ1v) is 11.0. The second-order valence-electron chi connectivity index (χ2n) is 8.51. The van der Waals surface area contributed by atoms with Gasteiger partial charge in [0.05, 0.1) is 25.6 Å². The number of hydrogen-bond acceptors (Lipinski definition) is 6. The maximum absolute atomic E-state index is 12.5. The Morgan fingerprint density at radius 3 is 1.97 bits per heavy atom. The average molecular weight is 472 g/mol. The van der Waals surface area contributed by atoms with Crippen molar-refractivity contribution in [2.24, 2.45) is 0 Å². The van der Waals surface area contributed by atoms with E-state index in [0.717, 1.165) is 5.56 Å². The number of amides is 3. The van der Waals surface area contributed by atoms with E-state index in [1.54, 1.807) is 65.3 Å². The van der Waals surface area contributed by atoms with Crippen LogP contribution >= 0.6 is 0 Å². The van der Waals surface area contributed by atoms with Crippen molar-refractivity contribution in [1.82, 2.24) is 5.32 Å². The SMILES string of the molecule is COc1ccc(CCC(=O)Nc2ccccc2NC(=O)CCNC(=O)OC(C)(C)C)cc1OC. The number of rotatable bonds is 10. The van der Waals surface area contributed by atoms with E-state index in [2.05, 4.69) is 16.0 Å². The van der Waals surface area contributed by atoms with Gasteiger partial charge in [-0.2, -0.15) is 0 Å². The second-order valence-corrected chi connectivity index (χ2v) is 8.51. The van der Waals surface area contributed by atoms with Crippen LogP contribution in [-0.2, 0) is 20.7 Å². The summed E-state index contributed by atoms with van der Waals surface area (Å²) in [6, 6.07) is 12.5. The van der Waals surface area contributed by atoms with Crippen LogP contribution < -0.4 is 25.4 Å². The molecule has 0 aliphatic rings. The van der Waals surface area contributed by atoms with E-state index >= 15 is 0 Å². The molecule has 0 aromatic heterocycles. The molecule has 2 rings (SSSR count). The number of para-hydroxylation sites is 2. The van der Waals surface area contributed by atoms with Gasteiger partial charge in [-0.15, -0.1) is 0 Å². The van der Waals surface area contributed by atoms with E-state index in [0.29, 0.717) is 29.3 Å². The summed E-state index contributed by atoms with van der Waals surface area (Å²) in [5.41, 5.74) is 1.30. The molecule has 3 amide bonds. The molecule has 0 aliphatic heterocycles. The summed E-state index contributed by atoms with van der Waals surface area (Å²) in [4.78, 5) is 36.5. The summed E-state index contributed by atoms with van der Waals surface area (Å²) in [5.74, 6) is 0.738. The lowest BCUT2D eigenvalue weighted by Gasteiger charge is -2.19.